The van der Waals surface area contributed by atoms with Crippen LogP contribution in [0, 0.1) is 17.6 Å². The molecule has 1 heterocycles. The van der Waals surface area contributed by atoms with Crippen LogP contribution in [-0.4, -0.2) is 32.8 Å². The predicted octanol–water partition coefficient (Wildman–Crippen LogP) is 7.73. The van der Waals surface area contributed by atoms with E-state index in [0.717, 1.165) is 0 Å². The second kappa shape index (κ2) is 12.7. The van der Waals surface area contributed by atoms with Crippen molar-refractivity contribution in [3.8, 4) is 0 Å². The van der Waals surface area contributed by atoms with E-state index in [2.05, 4.69) is 41.2 Å². The van der Waals surface area contributed by atoms with E-state index in [1.54, 1.807) is 17.6 Å². The smallest absolute Gasteiger partial charge is 0.462 e. The number of hydrogen-bond donors (Lipinski definition) is 0. The molecule has 3 rings (SSSR count). The van der Waals surface area contributed by atoms with Gasteiger partial charge in [0, 0.05) is 18.0 Å². The van der Waals surface area contributed by atoms with E-state index in [1.165, 1.54) is 30.5 Å². The summed E-state index contributed by atoms with van der Waals surface area (Å²) >= 11 is 5.92. The normalized spacial score (nSPS) is 12.7. The molecule has 0 aliphatic carbocycles. The summed E-state index contributed by atoms with van der Waals surface area (Å²) in [6.45, 7) is 14.8. The van der Waals surface area contributed by atoms with Gasteiger partial charge in [0.25, 0.3) is 0 Å². The van der Waals surface area contributed by atoms with Crippen LogP contribution in [-0.2, 0) is 15.6 Å². The molecule has 0 aliphatic heterocycles. The Morgan fingerprint density at radius 3 is 2.46 bits per heavy atom. The molecule has 3 aromatic rings. The van der Waals surface area contributed by atoms with Crippen molar-refractivity contribution in [1.29, 1.82) is 0 Å². The molecule has 0 spiro atoms. The lowest BCUT2D eigenvalue weighted by Gasteiger charge is -2.25. The zero-order valence-corrected chi connectivity index (χ0v) is 25.4. The molecular weight excluding hydrogens is 540 g/mol. The van der Waals surface area contributed by atoms with Crippen molar-refractivity contribution in [1.82, 2.24) is 4.57 Å². The number of halogens is 3. The topological polar surface area (TPSA) is 57.5 Å². The molecule has 1 unspecified atom stereocenters. The van der Waals surface area contributed by atoms with Gasteiger partial charge in [0.05, 0.1) is 29.7 Å². The molecule has 0 saturated carbocycles. The summed E-state index contributed by atoms with van der Waals surface area (Å²) < 4.78 is 43.4. The summed E-state index contributed by atoms with van der Waals surface area (Å²) in [4.78, 5) is 26.3. The fourth-order valence-electron chi connectivity index (χ4n) is 4.34. The molecule has 2 aromatic carbocycles. The number of carbonyl (C=O) groups excluding carboxylic acids is 1. The summed E-state index contributed by atoms with van der Waals surface area (Å²) in [6, 6.07) is 6.96. The first kappa shape index (κ1) is 31.0. The Hall–Kier alpha value is -2.55. The lowest BCUT2D eigenvalue weighted by atomic mass is 9.99. The highest BCUT2D eigenvalue weighted by atomic mass is 35.5. The van der Waals surface area contributed by atoms with Gasteiger partial charge in [0.1, 0.15) is 28.8 Å². The standard InChI is InChI=1S/C30H37ClF2NO4Si/c1-8-37-29(36)23-16-34(21(12-18(2)3)17-38-39(7)30(4,5)6)26-15-25(32)20(14-22(26)28(23)35)13-19-10-9-11-24(31)27(19)33/h9-11,14-16,18,21H,8,12-13,17H2,1-7H3/q+1. The second-order valence-electron chi connectivity index (χ2n) is 11.3. The Labute approximate surface area is 235 Å². The van der Waals surface area contributed by atoms with Crippen molar-refractivity contribution in [3.05, 3.63) is 80.1 Å². The molecular formula is C30H37ClF2NO4Si+. The zero-order chi connectivity index (χ0) is 29.1. The number of nitrogens with zero attached hydrogens (tertiary/aromatic N) is 1. The van der Waals surface area contributed by atoms with Gasteiger partial charge in [-0.15, -0.1) is 0 Å². The van der Waals surface area contributed by atoms with Crippen molar-refractivity contribution in [2.24, 2.45) is 5.92 Å². The van der Waals surface area contributed by atoms with Gasteiger partial charge in [-0.25, -0.2) is 18.0 Å². The number of rotatable bonds is 10. The van der Waals surface area contributed by atoms with E-state index in [0.29, 0.717) is 18.5 Å². The largest absolute Gasteiger partial charge is 0.475 e. The Morgan fingerprint density at radius 1 is 1.15 bits per heavy atom. The van der Waals surface area contributed by atoms with Crippen LogP contribution in [0.4, 0.5) is 8.78 Å². The number of esters is 1. The highest BCUT2D eigenvalue weighted by molar-refractivity contribution is 6.53. The van der Waals surface area contributed by atoms with E-state index in [9.17, 15) is 14.0 Å². The van der Waals surface area contributed by atoms with Gasteiger partial charge in [0.15, 0.2) is 0 Å². The van der Waals surface area contributed by atoms with Gasteiger partial charge in [0.2, 0.25) is 5.43 Å². The Bertz CT molecular complexity index is 1400. The first-order chi connectivity index (χ1) is 18.2. The van der Waals surface area contributed by atoms with Crippen LogP contribution in [0.1, 0.15) is 75.5 Å². The number of ether oxygens (including phenoxy) is 1. The molecule has 0 bridgehead atoms. The van der Waals surface area contributed by atoms with E-state index in [-0.39, 0.29) is 57.1 Å². The molecule has 0 N–H and O–H groups in total. The average molecular weight is 577 g/mol. The number of aromatic nitrogens is 1. The maximum absolute atomic E-state index is 15.5. The molecule has 210 valence electrons. The van der Waals surface area contributed by atoms with Crippen LogP contribution < -0.4 is 5.43 Å². The summed E-state index contributed by atoms with van der Waals surface area (Å²) in [6.07, 6.45) is 2.04. The maximum Gasteiger partial charge on any atom is 0.475 e. The van der Waals surface area contributed by atoms with Crippen LogP contribution in [0.25, 0.3) is 10.9 Å². The number of fused-ring (bicyclic) bond motifs is 1. The summed E-state index contributed by atoms with van der Waals surface area (Å²) in [5.74, 6) is -1.71. The van der Waals surface area contributed by atoms with Crippen molar-refractivity contribution >= 4 is 37.5 Å². The van der Waals surface area contributed by atoms with Crippen molar-refractivity contribution in [3.63, 3.8) is 0 Å². The molecule has 0 amide bonds. The van der Waals surface area contributed by atoms with Gasteiger partial charge in [-0.2, -0.15) is 0 Å². The average Bonchev–Trinajstić information content (AvgIpc) is 2.84. The number of pyridine rings is 1. The molecule has 1 aromatic heterocycles. The summed E-state index contributed by atoms with van der Waals surface area (Å²) in [7, 11) is -1.18. The number of carbonyl (C=O) groups is 1. The number of benzene rings is 2. The van der Waals surface area contributed by atoms with E-state index in [4.69, 9.17) is 20.8 Å². The second-order valence-corrected chi connectivity index (χ2v) is 14.6. The van der Waals surface area contributed by atoms with Crippen LogP contribution in [0.2, 0.25) is 16.6 Å². The zero-order valence-electron chi connectivity index (χ0n) is 23.7. The van der Waals surface area contributed by atoms with Crippen LogP contribution in [0.15, 0.2) is 41.3 Å². The third kappa shape index (κ3) is 7.35. The lowest BCUT2D eigenvalue weighted by Crippen LogP contribution is -2.31. The third-order valence-electron chi connectivity index (χ3n) is 6.79. The Morgan fingerprint density at radius 2 is 1.85 bits per heavy atom. The molecule has 39 heavy (non-hydrogen) atoms. The minimum atomic E-state index is -1.18. The first-order valence-electron chi connectivity index (χ1n) is 13.2. The van der Waals surface area contributed by atoms with E-state index >= 15 is 4.39 Å². The Balaban J connectivity index is 2.22. The van der Waals surface area contributed by atoms with Crippen LogP contribution in [0.3, 0.4) is 0 Å². The third-order valence-corrected chi connectivity index (χ3v) is 9.80. The first-order valence-corrected chi connectivity index (χ1v) is 15.5. The monoisotopic (exact) mass is 576 g/mol. The summed E-state index contributed by atoms with van der Waals surface area (Å²) in [5.41, 5.74) is -0.0323. The van der Waals surface area contributed by atoms with Crippen molar-refractivity contribution in [2.45, 2.75) is 72.0 Å². The SMILES string of the molecule is CCOC(=O)c1cn(C(CO[Si+](C)C(C)(C)C)CC(C)C)c2cc(F)c(Cc3cccc(Cl)c3F)cc2c1=O. The molecule has 1 atom stereocenters. The quantitative estimate of drug-likeness (QED) is 0.183. The van der Waals surface area contributed by atoms with Crippen LogP contribution >= 0.6 is 11.6 Å². The highest BCUT2D eigenvalue weighted by Gasteiger charge is 2.40. The number of hydrogen-bond acceptors (Lipinski definition) is 4. The molecule has 5 nitrogen and oxygen atoms in total. The molecule has 0 saturated heterocycles. The molecule has 0 radical (unpaired) electrons. The van der Waals surface area contributed by atoms with E-state index < -0.39 is 32.1 Å². The van der Waals surface area contributed by atoms with Crippen molar-refractivity contribution < 1.29 is 22.7 Å². The minimum absolute atomic E-state index is 0.00533. The predicted molar refractivity (Wildman–Crippen MR) is 154 cm³/mol. The maximum atomic E-state index is 15.5. The minimum Gasteiger partial charge on any atom is -0.462 e. The molecule has 0 aliphatic rings. The Kier molecular flexibility index (Phi) is 10.1. The highest BCUT2D eigenvalue weighted by Crippen LogP contribution is 2.31. The molecule has 0 fully saturated rings. The van der Waals surface area contributed by atoms with Crippen LogP contribution in [0.5, 0.6) is 0 Å². The van der Waals surface area contributed by atoms with Gasteiger partial charge >= 0.3 is 15.0 Å². The lowest BCUT2D eigenvalue weighted by molar-refractivity contribution is 0.0523. The van der Waals surface area contributed by atoms with Gasteiger partial charge < -0.3 is 9.30 Å². The van der Waals surface area contributed by atoms with Gasteiger partial charge in [-0.05, 0) is 69.4 Å². The fourth-order valence-corrected chi connectivity index (χ4v) is 5.41. The fraction of sp³-hybridized carbons (Fsp3) is 0.467. The molecule has 9 heteroatoms. The van der Waals surface area contributed by atoms with E-state index in [1.807, 2.05) is 0 Å². The summed E-state index contributed by atoms with van der Waals surface area (Å²) in [5, 5.41) is 0.0982. The van der Waals surface area contributed by atoms with Crippen molar-refractivity contribution in [2.75, 3.05) is 13.2 Å². The van der Waals surface area contributed by atoms with Gasteiger partial charge in [-0.3, -0.25) is 4.79 Å². The van der Waals surface area contributed by atoms with Gasteiger partial charge in [-0.1, -0.05) is 37.6 Å².